The highest BCUT2D eigenvalue weighted by Gasteiger charge is 2.05. The quantitative estimate of drug-likeness (QED) is 0.266. The lowest BCUT2D eigenvalue weighted by Crippen LogP contribution is -1.94. The van der Waals surface area contributed by atoms with Crippen molar-refractivity contribution in [3.63, 3.8) is 0 Å². The third kappa shape index (κ3) is 2.39. The Kier molecular flexibility index (Phi) is 3.90. The molecule has 0 fully saturated rings. The van der Waals surface area contributed by atoms with Crippen LogP contribution in [0.15, 0.2) is 35.4 Å². The van der Waals surface area contributed by atoms with Crippen molar-refractivity contribution in [2.45, 2.75) is 6.04 Å². The van der Waals surface area contributed by atoms with Crippen LogP contribution in [0.2, 0.25) is 0 Å². The number of nitrogens with zero attached hydrogens (tertiary/aromatic N) is 3. The van der Waals surface area contributed by atoms with Crippen molar-refractivity contribution in [3.05, 3.63) is 46.3 Å². The van der Waals surface area contributed by atoms with E-state index in [1.165, 1.54) is 0 Å². The average molecular weight is 273 g/mol. The monoisotopic (exact) mass is 273 g/mol. The van der Waals surface area contributed by atoms with Gasteiger partial charge >= 0.3 is 0 Å². The third-order valence-electron chi connectivity index (χ3n) is 1.52. The molecule has 1 atom stereocenters. The second-order valence-electron chi connectivity index (χ2n) is 2.29. The average Bonchev–Trinajstić information content (AvgIpc) is 2.15. The topological polar surface area (TPSA) is 48.8 Å². The lowest BCUT2D eigenvalue weighted by Gasteiger charge is -2.05. The van der Waals surface area contributed by atoms with Crippen LogP contribution in [0, 0.1) is 0 Å². The maximum Gasteiger partial charge on any atom is 0.0714 e. The van der Waals surface area contributed by atoms with E-state index in [9.17, 15) is 0 Å². The molecule has 0 aliphatic rings. The molecule has 1 aromatic rings. The Labute approximate surface area is 84.6 Å². The van der Waals surface area contributed by atoms with E-state index in [0.717, 1.165) is 9.99 Å². The Morgan fingerprint density at radius 2 is 2.08 bits per heavy atom. The first-order valence-electron chi connectivity index (χ1n) is 3.53. The Morgan fingerprint density at radius 3 is 2.58 bits per heavy atom. The molecule has 4 heteroatoms. The maximum absolute atomic E-state index is 8.28. The van der Waals surface area contributed by atoms with Gasteiger partial charge in [-0.2, -0.15) is 0 Å². The molecule has 0 aliphatic carbocycles. The standard InChI is InChI=1S/C8H8IN3/c9-6-8(11-12-10)7-4-2-1-3-5-7/h1-5,8H,6H2/t8-/m0/s1. The van der Waals surface area contributed by atoms with E-state index in [2.05, 4.69) is 32.6 Å². The number of rotatable bonds is 3. The summed E-state index contributed by atoms with van der Waals surface area (Å²) in [5.41, 5.74) is 9.36. The first kappa shape index (κ1) is 9.35. The van der Waals surface area contributed by atoms with Crippen molar-refractivity contribution in [1.29, 1.82) is 0 Å². The highest BCUT2D eigenvalue weighted by molar-refractivity contribution is 14.1. The van der Waals surface area contributed by atoms with E-state index in [4.69, 9.17) is 5.53 Å². The van der Waals surface area contributed by atoms with Gasteiger partial charge in [0.25, 0.3) is 0 Å². The van der Waals surface area contributed by atoms with Crippen LogP contribution >= 0.6 is 22.6 Å². The second kappa shape index (κ2) is 5.00. The lowest BCUT2D eigenvalue weighted by atomic mass is 10.1. The molecule has 0 saturated heterocycles. The van der Waals surface area contributed by atoms with E-state index in [1.807, 2.05) is 30.3 Å². The van der Waals surface area contributed by atoms with E-state index in [-0.39, 0.29) is 6.04 Å². The van der Waals surface area contributed by atoms with Gasteiger partial charge in [-0.3, -0.25) is 0 Å². The predicted molar refractivity (Wildman–Crippen MR) is 57.2 cm³/mol. The first-order valence-corrected chi connectivity index (χ1v) is 5.06. The number of hydrogen-bond donors (Lipinski definition) is 0. The molecular formula is C8H8IN3. The summed E-state index contributed by atoms with van der Waals surface area (Å²) >= 11 is 2.21. The van der Waals surface area contributed by atoms with Crippen LogP contribution in [0.3, 0.4) is 0 Å². The first-order chi connectivity index (χ1) is 5.88. The minimum Gasteiger partial charge on any atom is -0.0856 e. The molecular weight excluding hydrogens is 265 g/mol. The normalized spacial score (nSPS) is 11.8. The molecule has 1 aromatic carbocycles. The van der Waals surface area contributed by atoms with E-state index in [1.54, 1.807) is 0 Å². The molecule has 1 rings (SSSR count). The second-order valence-corrected chi connectivity index (χ2v) is 3.17. The van der Waals surface area contributed by atoms with Crippen molar-refractivity contribution >= 4 is 22.6 Å². The molecule has 0 N–H and O–H groups in total. The van der Waals surface area contributed by atoms with Crippen LogP contribution in [0.4, 0.5) is 0 Å². The van der Waals surface area contributed by atoms with Crippen molar-refractivity contribution in [2.75, 3.05) is 4.43 Å². The summed E-state index contributed by atoms with van der Waals surface area (Å²) in [7, 11) is 0. The Morgan fingerprint density at radius 1 is 1.42 bits per heavy atom. The molecule has 0 unspecified atom stereocenters. The minimum atomic E-state index is -0.0307. The van der Waals surface area contributed by atoms with Crippen LogP contribution in [0.1, 0.15) is 11.6 Å². The summed E-state index contributed by atoms with van der Waals surface area (Å²) in [4.78, 5) is 2.80. The fraction of sp³-hybridized carbons (Fsp3) is 0.250. The van der Waals surface area contributed by atoms with Gasteiger partial charge in [-0.1, -0.05) is 58.0 Å². The van der Waals surface area contributed by atoms with Gasteiger partial charge in [0.1, 0.15) is 0 Å². The fourth-order valence-corrected chi connectivity index (χ4v) is 1.61. The van der Waals surface area contributed by atoms with Gasteiger partial charge in [-0.05, 0) is 11.1 Å². The van der Waals surface area contributed by atoms with Crippen LogP contribution in [0.25, 0.3) is 10.4 Å². The van der Waals surface area contributed by atoms with Crippen LogP contribution in [-0.2, 0) is 0 Å². The summed E-state index contributed by atoms with van der Waals surface area (Å²) in [6.07, 6.45) is 0. The Balaban J connectivity index is 2.87. The Bertz CT molecular complexity index is 280. The van der Waals surface area contributed by atoms with Gasteiger partial charge in [0.05, 0.1) is 6.04 Å². The van der Waals surface area contributed by atoms with Gasteiger partial charge in [-0.25, -0.2) is 0 Å². The summed E-state index contributed by atoms with van der Waals surface area (Å²) in [5, 5.41) is 3.69. The molecule has 0 heterocycles. The molecule has 62 valence electrons. The minimum absolute atomic E-state index is 0.0307. The summed E-state index contributed by atoms with van der Waals surface area (Å²) in [6.45, 7) is 0. The highest BCUT2D eigenvalue weighted by Crippen LogP contribution is 2.19. The molecule has 0 spiro atoms. The van der Waals surface area contributed by atoms with Gasteiger partial charge in [0.2, 0.25) is 0 Å². The van der Waals surface area contributed by atoms with Gasteiger partial charge in [0.15, 0.2) is 0 Å². The number of alkyl halides is 1. The van der Waals surface area contributed by atoms with Crippen molar-refractivity contribution in [1.82, 2.24) is 0 Å². The summed E-state index contributed by atoms with van der Waals surface area (Å²) in [6, 6.07) is 9.75. The number of azide groups is 1. The molecule has 0 saturated carbocycles. The molecule has 0 bridgehead atoms. The zero-order chi connectivity index (χ0) is 8.81. The van der Waals surface area contributed by atoms with Crippen LogP contribution < -0.4 is 0 Å². The molecule has 0 amide bonds. The molecule has 0 radical (unpaired) electrons. The predicted octanol–water partition coefficient (Wildman–Crippen LogP) is 3.47. The third-order valence-corrected chi connectivity index (χ3v) is 2.36. The van der Waals surface area contributed by atoms with E-state index >= 15 is 0 Å². The Hall–Kier alpha value is -0.740. The molecule has 0 aliphatic heterocycles. The maximum atomic E-state index is 8.28. The van der Waals surface area contributed by atoms with Crippen molar-refractivity contribution < 1.29 is 0 Å². The number of hydrogen-bond acceptors (Lipinski definition) is 1. The van der Waals surface area contributed by atoms with Crippen molar-refractivity contribution in [2.24, 2.45) is 5.11 Å². The largest absolute Gasteiger partial charge is 0.0856 e. The smallest absolute Gasteiger partial charge is 0.0714 e. The summed E-state index contributed by atoms with van der Waals surface area (Å²) in [5.74, 6) is 0. The number of benzene rings is 1. The molecule has 12 heavy (non-hydrogen) atoms. The number of halogens is 1. The van der Waals surface area contributed by atoms with Crippen LogP contribution in [-0.4, -0.2) is 4.43 Å². The molecule has 0 aromatic heterocycles. The SMILES string of the molecule is [N-]=[N+]=N[C@@H](CI)c1ccccc1. The summed E-state index contributed by atoms with van der Waals surface area (Å²) < 4.78 is 0.811. The van der Waals surface area contributed by atoms with E-state index in [0.29, 0.717) is 0 Å². The fourth-order valence-electron chi connectivity index (χ4n) is 0.924. The zero-order valence-corrected chi connectivity index (χ0v) is 8.55. The highest BCUT2D eigenvalue weighted by atomic mass is 127. The van der Waals surface area contributed by atoms with Gasteiger partial charge < -0.3 is 0 Å². The van der Waals surface area contributed by atoms with Gasteiger partial charge in [-0.15, -0.1) is 0 Å². The molecule has 3 nitrogen and oxygen atoms in total. The van der Waals surface area contributed by atoms with Crippen molar-refractivity contribution in [3.8, 4) is 0 Å². The van der Waals surface area contributed by atoms with Crippen LogP contribution in [0.5, 0.6) is 0 Å². The lowest BCUT2D eigenvalue weighted by molar-refractivity contribution is 0.833. The van der Waals surface area contributed by atoms with Gasteiger partial charge in [0, 0.05) is 9.34 Å². The zero-order valence-electron chi connectivity index (χ0n) is 6.39. The van der Waals surface area contributed by atoms with E-state index < -0.39 is 0 Å².